The minimum absolute atomic E-state index is 0.0140. The minimum Gasteiger partial charge on any atom is -0.478 e. The van der Waals surface area contributed by atoms with Gasteiger partial charge in [-0.2, -0.15) is 0 Å². The van der Waals surface area contributed by atoms with E-state index in [0.29, 0.717) is 4.90 Å². The van der Waals surface area contributed by atoms with E-state index in [4.69, 9.17) is 5.11 Å². The van der Waals surface area contributed by atoms with Crippen LogP contribution in [0.4, 0.5) is 0 Å². The molecule has 1 rings (SSSR count). The lowest BCUT2D eigenvalue weighted by Crippen LogP contribution is -2.33. The lowest BCUT2D eigenvalue weighted by Gasteiger charge is -2.08. The van der Waals surface area contributed by atoms with Crippen molar-refractivity contribution in [1.82, 2.24) is 5.32 Å². The Hall–Kier alpha value is -1.69. The second kappa shape index (κ2) is 6.30. The molecule has 1 aromatic carbocycles. The van der Waals surface area contributed by atoms with Gasteiger partial charge in [0, 0.05) is 10.9 Å². The highest BCUT2D eigenvalue weighted by Gasteiger charge is 2.12. The van der Waals surface area contributed by atoms with Gasteiger partial charge in [0.2, 0.25) is 5.91 Å². The third-order valence-corrected chi connectivity index (χ3v) is 3.36. The number of aromatic carboxylic acids is 1. The Kier molecular flexibility index (Phi) is 5.03. The molecule has 0 aromatic heterocycles. The molecule has 98 valence electrons. The molecule has 6 heteroatoms. The lowest BCUT2D eigenvalue weighted by molar-refractivity contribution is -0.119. The van der Waals surface area contributed by atoms with E-state index in [9.17, 15) is 13.8 Å². The van der Waals surface area contributed by atoms with Gasteiger partial charge in [-0.3, -0.25) is 9.00 Å². The monoisotopic (exact) mass is 269 g/mol. The molecule has 1 amide bonds. The molecule has 18 heavy (non-hydrogen) atoms. The number of carboxylic acids is 1. The fraction of sp³-hybridized carbons (Fsp3) is 0.333. The van der Waals surface area contributed by atoms with Gasteiger partial charge in [-0.05, 0) is 32.0 Å². The minimum atomic E-state index is -1.53. The van der Waals surface area contributed by atoms with Gasteiger partial charge in [-0.15, -0.1) is 0 Å². The molecule has 0 saturated heterocycles. The van der Waals surface area contributed by atoms with Gasteiger partial charge in [0.15, 0.2) is 0 Å². The fourth-order valence-corrected chi connectivity index (χ4v) is 2.31. The zero-order chi connectivity index (χ0) is 13.7. The van der Waals surface area contributed by atoms with Crippen molar-refractivity contribution in [3.05, 3.63) is 29.8 Å². The Bertz CT molecular complexity index is 485. The predicted molar refractivity (Wildman–Crippen MR) is 68.0 cm³/mol. The number of hydrogen-bond acceptors (Lipinski definition) is 3. The van der Waals surface area contributed by atoms with E-state index in [1.807, 2.05) is 13.8 Å². The van der Waals surface area contributed by atoms with Crippen LogP contribution in [0.2, 0.25) is 0 Å². The van der Waals surface area contributed by atoms with E-state index in [1.165, 1.54) is 18.2 Å². The van der Waals surface area contributed by atoms with E-state index in [1.54, 1.807) is 6.07 Å². The van der Waals surface area contributed by atoms with Crippen LogP contribution in [0.15, 0.2) is 29.2 Å². The van der Waals surface area contributed by atoms with Crippen molar-refractivity contribution in [2.45, 2.75) is 24.8 Å². The molecule has 0 bridgehead atoms. The van der Waals surface area contributed by atoms with E-state index < -0.39 is 16.8 Å². The van der Waals surface area contributed by atoms with Crippen molar-refractivity contribution >= 4 is 22.7 Å². The lowest BCUT2D eigenvalue weighted by atomic mass is 10.2. The highest BCUT2D eigenvalue weighted by atomic mass is 32.2. The van der Waals surface area contributed by atoms with Crippen LogP contribution < -0.4 is 5.32 Å². The van der Waals surface area contributed by atoms with Gasteiger partial charge in [0.1, 0.15) is 5.75 Å². The molecule has 0 radical (unpaired) electrons. The molecule has 1 aromatic rings. The van der Waals surface area contributed by atoms with Gasteiger partial charge in [-0.1, -0.05) is 6.07 Å². The average Bonchev–Trinajstić information content (AvgIpc) is 2.27. The smallest absolute Gasteiger partial charge is 0.335 e. The first kappa shape index (κ1) is 14.4. The molecule has 0 fully saturated rings. The summed E-state index contributed by atoms with van der Waals surface area (Å²) in [6.45, 7) is 3.62. The summed E-state index contributed by atoms with van der Waals surface area (Å²) in [4.78, 5) is 22.5. The van der Waals surface area contributed by atoms with Crippen molar-refractivity contribution in [3.63, 3.8) is 0 Å². The summed E-state index contributed by atoms with van der Waals surface area (Å²) >= 11 is 0. The standard InChI is InChI=1S/C12H15NO4S/c1-8(2)13-11(14)7-18(17)10-5-3-4-9(6-10)12(15)16/h3-6,8H,7H2,1-2H3,(H,13,14)(H,15,16). The van der Waals surface area contributed by atoms with Crippen LogP contribution in [-0.2, 0) is 15.6 Å². The second-order valence-corrected chi connectivity index (χ2v) is 5.50. The first-order valence-electron chi connectivity index (χ1n) is 5.41. The molecular weight excluding hydrogens is 254 g/mol. The summed E-state index contributed by atoms with van der Waals surface area (Å²) in [5.74, 6) is -1.56. The zero-order valence-corrected chi connectivity index (χ0v) is 11.0. The van der Waals surface area contributed by atoms with Crippen molar-refractivity contribution in [3.8, 4) is 0 Å². The van der Waals surface area contributed by atoms with Crippen molar-refractivity contribution in [2.24, 2.45) is 0 Å². The summed E-state index contributed by atoms with van der Waals surface area (Å²) in [5, 5.41) is 11.4. The van der Waals surface area contributed by atoms with Crippen molar-refractivity contribution in [1.29, 1.82) is 0 Å². The number of carbonyl (C=O) groups excluding carboxylic acids is 1. The number of nitrogens with one attached hydrogen (secondary N) is 1. The highest BCUT2D eigenvalue weighted by molar-refractivity contribution is 7.85. The summed E-state index contributed by atoms with van der Waals surface area (Å²) in [6.07, 6.45) is 0. The van der Waals surface area contributed by atoms with E-state index >= 15 is 0 Å². The average molecular weight is 269 g/mol. The molecule has 0 aliphatic carbocycles. The Morgan fingerprint density at radius 2 is 2.06 bits per heavy atom. The fourth-order valence-electron chi connectivity index (χ4n) is 1.34. The van der Waals surface area contributed by atoms with Crippen LogP contribution in [0.5, 0.6) is 0 Å². The zero-order valence-electron chi connectivity index (χ0n) is 10.2. The molecule has 0 aliphatic rings. The number of amides is 1. The Morgan fingerprint density at radius 3 is 2.61 bits per heavy atom. The SMILES string of the molecule is CC(C)NC(=O)CS(=O)c1cccc(C(=O)O)c1. The molecule has 0 aliphatic heterocycles. The van der Waals surface area contributed by atoms with E-state index in [0.717, 1.165) is 0 Å². The Labute approximate surface area is 108 Å². The number of carboxylic acid groups (broad SMARTS) is 1. The third kappa shape index (κ3) is 4.29. The molecule has 2 N–H and O–H groups in total. The van der Waals surface area contributed by atoms with Crippen LogP contribution in [0.3, 0.4) is 0 Å². The maximum absolute atomic E-state index is 11.9. The highest BCUT2D eigenvalue weighted by Crippen LogP contribution is 2.10. The maximum Gasteiger partial charge on any atom is 0.335 e. The Balaban J connectivity index is 2.75. The van der Waals surface area contributed by atoms with Gasteiger partial charge >= 0.3 is 5.97 Å². The number of benzene rings is 1. The molecular formula is C12H15NO4S. The summed E-state index contributed by atoms with van der Waals surface area (Å²) < 4.78 is 11.9. The van der Waals surface area contributed by atoms with Crippen LogP contribution in [0.25, 0.3) is 0 Å². The van der Waals surface area contributed by atoms with Gasteiger partial charge in [0.25, 0.3) is 0 Å². The quantitative estimate of drug-likeness (QED) is 0.836. The molecule has 0 saturated carbocycles. The third-order valence-electron chi connectivity index (χ3n) is 2.06. The first-order valence-corrected chi connectivity index (χ1v) is 6.73. The van der Waals surface area contributed by atoms with Crippen LogP contribution in [0.1, 0.15) is 24.2 Å². The molecule has 1 atom stereocenters. The normalized spacial score (nSPS) is 12.2. The number of carbonyl (C=O) groups is 2. The summed E-state index contributed by atoms with van der Waals surface area (Å²) in [5.41, 5.74) is 0.0603. The molecule has 0 spiro atoms. The number of hydrogen-bond donors (Lipinski definition) is 2. The van der Waals surface area contributed by atoms with Crippen LogP contribution in [-0.4, -0.2) is 33.0 Å². The number of rotatable bonds is 5. The van der Waals surface area contributed by atoms with Crippen LogP contribution >= 0.6 is 0 Å². The molecule has 0 heterocycles. The first-order chi connectivity index (χ1) is 8.40. The predicted octanol–water partition coefficient (Wildman–Crippen LogP) is 1.02. The largest absolute Gasteiger partial charge is 0.478 e. The summed E-state index contributed by atoms with van der Waals surface area (Å²) in [7, 11) is -1.53. The molecule has 1 unspecified atom stereocenters. The van der Waals surface area contributed by atoms with E-state index in [-0.39, 0.29) is 23.3 Å². The van der Waals surface area contributed by atoms with Crippen molar-refractivity contribution in [2.75, 3.05) is 5.75 Å². The van der Waals surface area contributed by atoms with E-state index in [2.05, 4.69) is 5.32 Å². The van der Waals surface area contributed by atoms with Gasteiger partial charge in [0.05, 0.1) is 16.4 Å². The van der Waals surface area contributed by atoms with Crippen LogP contribution in [0, 0.1) is 0 Å². The maximum atomic E-state index is 11.9. The van der Waals surface area contributed by atoms with Gasteiger partial charge in [-0.25, -0.2) is 4.79 Å². The Morgan fingerprint density at radius 1 is 1.39 bits per heavy atom. The topological polar surface area (TPSA) is 83.5 Å². The van der Waals surface area contributed by atoms with Crippen molar-refractivity contribution < 1.29 is 18.9 Å². The van der Waals surface area contributed by atoms with Gasteiger partial charge < -0.3 is 10.4 Å². The molecule has 5 nitrogen and oxygen atoms in total. The second-order valence-electron chi connectivity index (χ2n) is 4.05. The summed E-state index contributed by atoms with van der Waals surface area (Å²) in [6, 6.07) is 5.78.